The number of benzene rings is 2. The number of hydrogen-bond donors (Lipinski definition) is 0. The van der Waals surface area contributed by atoms with Crippen molar-refractivity contribution in [3.05, 3.63) is 84.5 Å². The van der Waals surface area contributed by atoms with Gasteiger partial charge in [0.05, 0.1) is 18.8 Å². The van der Waals surface area contributed by atoms with Crippen LogP contribution in [-0.4, -0.2) is 38.2 Å². The van der Waals surface area contributed by atoms with Crippen LogP contribution in [-0.2, 0) is 23.9 Å². The summed E-state index contributed by atoms with van der Waals surface area (Å²) in [5.41, 5.74) is 3.82. The van der Waals surface area contributed by atoms with E-state index in [1.54, 1.807) is 26.0 Å². The van der Waals surface area contributed by atoms with E-state index >= 15 is 0 Å². The molecular weight excluding hydrogens is 508 g/mol. The molecule has 0 aliphatic heterocycles. The molecule has 0 bridgehead atoms. The van der Waals surface area contributed by atoms with Crippen LogP contribution < -0.4 is 9.47 Å². The van der Waals surface area contributed by atoms with E-state index in [0.29, 0.717) is 35.2 Å². The number of methoxy groups -OCH3 is 1. The van der Waals surface area contributed by atoms with Crippen LogP contribution in [0.2, 0.25) is 0 Å². The Morgan fingerprint density at radius 3 is 2.02 bits per heavy atom. The van der Waals surface area contributed by atoms with Gasteiger partial charge in [0.2, 0.25) is 0 Å². The van der Waals surface area contributed by atoms with Crippen LogP contribution in [0.15, 0.2) is 78.9 Å². The lowest BCUT2D eigenvalue weighted by Crippen LogP contribution is -2.18. The van der Waals surface area contributed by atoms with Gasteiger partial charge in [0, 0.05) is 18.3 Å². The highest BCUT2D eigenvalue weighted by Crippen LogP contribution is 2.42. The van der Waals surface area contributed by atoms with Crippen LogP contribution in [0.1, 0.15) is 57.4 Å². The van der Waals surface area contributed by atoms with Gasteiger partial charge in [0.15, 0.2) is 0 Å². The summed E-state index contributed by atoms with van der Waals surface area (Å²) in [6.07, 6.45) is 4.61. The van der Waals surface area contributed by atoms with E-state index in [4.69, 9.17) is 18.9 Å². The summed E-state index contributed by atoms with van der Waals surface area (Å²) in [4.78, 5) is 36.2. The predicted molar refractivity (Wildman–Crippen MR) is 154 cm³/mol. The minimum absolute atomic E-state index is 0.0929. The van der Waals surface area contributed by atoms with E-state index in [9.17, 15) is 14.4 Å². The molecule has 0 spiro atoms. The minimum Gasteiger partial charge on any atom is -0.462 e. The van der Waals surface area contributed by atoms with Gasteiger partial charge in [-0.2, -0.15) is 0 Å². The highest BCUT2D eigenvalue weighted by molar-refractivity contribution is 5.90. The fraction of sp³-hybridized carbons (Fsp3) is 0.364. The van der Waals surface area contributed by atoms with Crippen molar-refractivity contribution in [2.75, 3.05) is 20.3 Å². The summed E-state index contributed by atoms with van der Waals surface area (Å²) in [6, 6.07) is 13.0. The standard InChI is InChI=1S/C33H38O7/c1-21(2)31(34)38-18-17-24-7-9-26(10-8-24)29-19-27(13-16-30(29)40-33(36)23(5)20-37-6)25-11-14-28(15-12-25)39-32(35)22(3)4/h11-16,19,24,26H,1,3,5,7-10,17-18,20H2,2,4,6H3. The van der Waals surface area contributed by atoms with Gasteiger partial charge in [-0.3, -0.25) is 0 Å². The molecule has 0 N–H and O–H groups in total. The Kier molecular flexibility index (Phi) is 11.0. The van der Waals surface area contributed by atoms with Crippen LogP contribution >= 0.6 is 0 Å². The third-order valence-corrected chi connectivity index (χ3v) is 6.96. The van der Waals surface area contributed by atoms with Crippen molar-refractivity contribution in [1.82, 2.24) is 0 Å². The fourth-order valence-corrected chi connectivity index (χ4v) is 4.66. The first-order valence-corrected chi connectivity index (χ1v) is 13.4. The zero-order valence-electron chi connectivity index (χ0n) is 23.6. The highest BCUT2D eigenvalue weighted by Gasteiger charge is 2.26. The zero-order valence-corrected chi connectivity index (χ0v) is 23.6. The zero-order chi connectivity index (χ0) is 29.2. The molecule has 0 saturated heterocycles. The molecule has 0 aromatic heterocycles. The molecule has 7 heteroatoms. The summed E-state index contributed by atoms with van der Waals surface area (Å²) >= 11 is 0. The van der Waals surface area contributed by atoms with Gasteiger partial charge in [-0.1, -0.05) is 37.9 Å². The number of carbonyl (C=O) groups excluding carboxylic acids is 3. The van der Waals surface area contributed by atoms with E-state index in [2.05, 4.69) is 25.8 Å². The largest absolute Gasteiger partial charge is 0.462 e. The van der Waals surface area contributed by atoms with E-state index in [1.165, 1.54) is 7.11 Å². The van der Waals surface area contributed by atoms with E-state index in [0.717, 1.165) is 48.8 Å². The lowest BCUT2D eigenvalue weighted by Gasteiger charge is -2.30. The Morgan fingerprint density at radius 1 is 0.800 bits per heavy atom. The number of rotatable bonds is 12. The normalized spacial score (nSPS) is 16.5. The van der Waals surface area contributed by atoms with E-state index < -0.39 is 11.9 Å². The summed E-state index contributed by atoms with van der Waals surface area (Å²) in [5, 5.41) is 0. The molecule has 0 amide bonds. The molecule has 0 unspecified atom stereocenters. The molecule has 212 valence electrons. The van der Waals surface area contributed by atoms with E-state index in [-0.39, 0.29) is 24.1 Å². The van der Waals surface area contributed by atoms with Crippen molar-refractivity contribution in [2.24, 2.45) is 5.92 Å². The Labute approximate surface area is 236 Å². The van der Waals surface area contributed by atoms with Gasteiger partial charge >= 0.3 is 17.9 Å². The second-order valence-electron chi connectivity index (χ2n) is 10.3. The smallest absolute Gasteiger partial charge is 0.341 e. The second kappa shape index (κ2) is 14.4. The SMILES string of the molecule is C=C(C)C(=O)OCCC1CCC(c2cc(-c3ccc(OC(=O)C(=C)C)cc3)ccc2OC(=O)C(=C)COC)CC1. The number of esters is 3. The summed E-state index contributed by atoms with van der Waals surface area (Å²) in [7, 11) is 1.50. The fourth-order valence-electron chi connectivity index (χ4n) is 4.66. The molecule has 40 heavy (non-hydrogen) atoms. The van der Waals surface area contributed by atoms with Gasteiger partial charge in [-0.15, -0.1) is 0 Å². The maximum Gasteiger partial charge on any atom is 0.341 e. The molecular formula is C33H38O7. The summed E-state index contributed by atoms with van der Waals surface area (Å²) in [6.45, 7) is 14.7. The first-order valence-electron chi connectivity index (χ1n) is 13.4. The van der Waals surface area contributed by atoms with Gasteiger partial charge in [0.1, 0.15) is 11.5 Å². The number of hydrogen-bond acceptors (Lipinski definition) is 7. The molecule has 2 aromatic rings. The average Bonchev–Trinajstić information content (AvgIpc) is 2.94. The van der Waals surface area contributed by atoms with Crippen LogP contribution in [0.3, 0.4) is 0 Å². The molecule has 0 heterocycles. The van der Waals surface area contributed by atoms with Crippen molar-refractivity contribution < 1.29 is 33.3 Å². The Morgan fingerprint density at radius 2 is 1.43 bits per heavy atom. The lowest BCUT2D eigenvalue weighted by atomic mass is 9.77. The van der Waals surface area contributed by atoms with Gasteiger partial charge in [-0.05, 0) is 98.7 Å². The molecule has 1 aliphatic rings. The maximum atomic E-state index is 12.6. The first-order chi connectivity index (χ1) is 19.1. The molecule has 0 atom stereocenters. The molecule has 2 aromatic carbocycles. The van der Waals surface area contributed by atoms with Crippen molar-refractivity contribution in [1.29, 1.82) is 0 Å². The predicted octanol–water partition coefficient (Wildman–Crippen LogP) is 6.73. The highest BCUT2D eigenvalue weighted by atomic mass is 16.5. The molecule has 3 rings (SSSR count). The summed E-state index contributed by atoms with van der Waals surface area (Å²) in [5.74, 6) is 0.258. The van der Waals surface area contributed by atoms with Gasteiger partial charge < -0.3 is 18.9 Å². The van der Waals surface area contributed by atoms with Crippen molar-refractivity contribution in [3.8, 4) is 22.6 Å². The molecule has 1 aliphatic carbocycles. The first kappa shape index (κ1) is 30.6. The third kappa shape index (κ3) is 8.52. The Bertz CT molecular complexity index is 1260. The third-order valence-electron chi connectivity index (χ3n) is 6.96. The topological polar surface area (TPSA) is 88.1 Å². The molecule has 1 fully saturated rings. The monoisotopic (exact) mass is 546 g/mol. The Balaban J connectivity index is 1.78. The minimum atomic E-state index is -0.521. The van der Waals surface area contributed by atoms with Crippen LogP contribution in [0.4, 0.5) is 0 Å². The lowest BCUT2D eigenvalue weighted by molar-refractivity contribution is -0.139. The van der Waals surface area contributed by atoms with Crippen molar-refractivity contribution in [2.45, 2.75) is 51.9 Å². The van der Waals surface area contributed by atoms with Crippen molar-refractivity contribution >= 4 is 17.9 Å². The van der Waals surface area contributed by atoms with Crippen LogP contribution in [0.25, 0.3) is 11.1 Å². The summed E-state index contributed by atoms with van der Waals surface area (Å²) < 4.78 is 21.4. The van der Waals surface area contributed by atoms with E-state index in [1.807, 2.05) is 24.3 Å². The quantitative estimate of drug-likeness (QED) is 0.166. The number of carbonyl (C=O) groups is 3. The van der Waals surface area contributed by atoms with Gasteiger partial charge in [0.25, 0.3) is 0 Å². The average molecular weight is 547 g/mol. The molecule has 1 saturated carbocycles. The van der Waals surface area contributed by atoms with Gasteiger partial charge in [-0.25, -0.2) is 14.4 Å². The molecule has 0 radical (unpaired) electrons. The number of ether oxygens (including phenoxy) is 4. The van der Waals surface area contributed by atoms with Crippen LogP contribution in [0.5, 0.6) is 11.5 Å². The van der Waals surface area contributed by atoms with Crippen molar-refractivity contribution in [3.63, 3.8) is 0 Å². The second-order valence-corrected chi connectivity index (χ2v) is 10.3. The maximum absolute atomic E-state index is 12.6. The Hall–Kier alpha value is -3.97. The molecule has 7 nitrogen and oxygen atoms in total. The van der Waals surface area contributed by atoms with Crippen LogP contribution in [0, 0.1) is 5.92 Å².